The highest BCUT2D eigenvalue weighted by atomic mass is 16.5. The molecule has 2 atom stereocenters. The maximum absolute atomic E-state index is 11.1. The van der Waals surface area contributed by atoms with Gasteiger partial charge in [-0.05, 0) is 32.1 Å². The first-order valence-corrected chi connectivity index (χ1v) is 7.94. The number of ether oxygens (including phenoxy) is 1. The van der Waals surface area contributed by atoms with Gasteiger partial charge in [-0.2, -0.15) is 0 Å². The first-order chi connectivity index (χ1) is 9.26. The van der Waals surface area contributed by atoms with Crippen LogP contribution >= 0.6 is 0 Å². The normalized spacial score (nSPS) is 33.8. The molecule has 108 valence electrons. The predicted octanol–water partition coefficient (Wildman–Crippen LogP) is 1.74. The molecule has 2 heterocycles. The van der Waals surface area contributed by atoms with E-state index in [1.54, 1.807) is 0 Å². The Labute approximate surface area is 115 Å². The highest BCUT2D eigenvalue weighted by molar-refractivity contribution is 5.78. The lowest BCUT2D eigenvalue weighted by molar-refractivity contribution is -0.119. The van der Waals surface area contributed by atoms with E-state index in [0.717, 1.165) is 19.5 Å². The largest absolute Gasteiger partial charge is 0.370 e. The Morgan fingerprint density at radius 1 is 1.16 bits per heavy atom. The molecule has 2 aliphatic heterocycles. The number of amides is 1. The van der Waals surface area contributed by atoms with Crippen molar-refractivity contribution in [3.8, 4) is 0 Å². The van der Waals surface area contributed by atoms with Crippen molar-refractivity contribution in [1.82, 2.24) is 10.6 Å². The lowest BCUT2D eigenvalue weighted by Gasteiger charge is -2.33. The van der Waals surface area contributed by atoms with Gasteiger partial charge in [0.1, 0.15) is 0 Å². The van der Waals surface area contributed by atoms with E-state index in [2.05, 4.69) is 10.6 Å². The van der Waals surface area contributed by atoms with Crippen LogP contribution in [0, 0.1) is 0 Å². The predicted molar refractivity (Wildman–Crippen MR) is 74.0 cm³/mol. The van der Waals surface area contributed by atoms with Crippen molar-refractivity contribution in [2.75, 3.05) is 13.1 Å². The molecule has 3 rings (SSSR count). The summed E-state index contributed by atoms with van der Waals surface area (Å²) in [6.07, 6.45) is 11.1. The van der Waals surface area contributed by atoms with E-state index in [9.17, 15) is 4.79 Å². The van der Waals surface area contributed by atoms with E-state index in [1.807, 2.05) is 0 Å². The zero-order valence-electron chi connectivity index (χ0n) is 11.7. The Morgan fingerprint density at radius 3 is 2.74 bits per heavy atom. The zero-order chi connectivity index (χ0) is 13.1. The summed E-state index contributed by atoms with van der Waals surface area (Å²) < 4.78 is 6.33. The molecule has 0 bridgehead atoms. The monoisotopic (exact) mass is 266 g/mol. The van der Waals surface area contributed by atoms with Crippen LogP contribution in [0.5, 0.6) is 0 Å². The van der Waals surface area contributed by atoms with Crippen LogP contribution in [0.25, 0.3) is 0 Å². The summed E-state index contributed by atoms with van der Waals surface area (Å²) in [4.78, 5) is 11.1. The van der Waals surface area contributed by atoms with Gasteiger partial charge in [-0.15, -0.1) is 0 Å². The Bertz CT molecular complexity index is 326. The smallest absolute Gasteiger partial charge is 0.220 e. The average molecular weight is 266 g/mol. The molecule has 0 aromatic carbocycles. The molecule has 2 unspecified atom stereocenters. The van der Waals surface area contributed by atoms with Gasteiger partial charge in [0.15, 0.2) is 0 Å². The lowest BCUT2D eigenvalue weighted by atomic mass is 9.83. The van der Waals surface area contributed by atoms with Crippen molar-refractivity contribution in [3.63, 3.8) is 0 Å². The third-order valence-electron chi connectivity index (χ3n) is 4.95. The molecule has 1 spiro atoms. The molecule has 0 aromatic rings. The standard InChI is InChI=1S/C15H26N2O2/c18-14-5-4-12(17-14)10-16-11-13-6-9-15(19-13)7-2-1-3-8-15/h12-13,16H,1-11H2,(H,17,18). The number of nitrogens with one attached hydrogen (secondary N) is 2. The Hall–Kier alpha value is -0.610. The molecule has 1 saturated carbocycles. The number of carbonyl (C=O) groups is 1. The summed E-state index contributed by atoms with van der Waals surface area (Å²) in [5.74, 6) is 0.199. The zero-order valence-corrected chi connectivity index (χ0v) is 11.7. The minimum Gasteiger partial charge on any atom is -0.370 e. The Balaban J connectivity index is 1.36. The van der Waals surface area contributed by atoms with Crippen molar-refractivity contribution >= 4 is 5.91 Å². The molecule has 2 saturated heterocycles. The van der Waals surface area contributed by atoms with Gasteiger partial charge < -0.3 is 15.4 Å². The number of hydrogen-bond acceptors (Lipinski definition) is 3. The Kier molecular flexibility index (Phi) is 4.08. The summed E-state index contributed by atoms with van der Waals surface area (Å²) in [6.45, 7) is 1.83. The van der Waals surface area contributed by atoms with Crippen LogP contribution in [0.1, 0.15) is 57.8 Å². The minimum atomic E-state index is 0.199. The van der Waals surface area contributed by atoms with Crippen LogP contribution in [0.3, 0.4) is 0 Å². The molecule has 19 heavy (non-hydrogen) atoms. The SMILES string of the molecule is O=C1CCC(CNCC2CCC3(CCCCC3)O2)N1. The minimum absolute atomic E-state index is 0.199. The van der Waals surface area contributed by atoms with Gasteiger partial charge >= 0.3 is 0 Å². The molecule has 3 aliphatic rings. The molecule has 1 aliphatic carbocycles. The van der Waals surface area contributed by atoms with E-state index >= 15 is 0 Å². The van der Waals surface area contributed by atoms with E-state index in [0.29, 0.717) is 18.6 Å². The fourth-order valence-corrected chi connectivity index (χ4v) is 3.85. The second-order valence-electron chi connectivity index (χ2n) is 6.48. The van der Waals surface area contributed by atoms with Crippen LogP contribution < -0.4 is 10.6 Å². The first kappa shape index (κ1) is 13.4. The van der Waals surface area contributed by atoms with Gasteiger partial charge in [-0.25, -0.2) is 0 Å². The summed E-state index contributed by atoms with van der Waals surface area (Å²) in [5.41, 5.74) is 0.228. The second kappa shape index (κ2) is 5.80. The molecular weight excluding hydrogens is 240 g/mol. The van der Waals surface area contributed by atoms with Crippen LogP contribution in [-0.4, -0.2) is 36.7 Å². The van der Waals surface area contributed by atoms with Gasteiger partial charge in [-0.3, -0.25) is 4.79 Å². The fraction of sp³-hybridized carbons (Fsp3) is 0.933. The molecular formula is C15H26N2O2. The van der Waals surface area contributed by atoms with Crippen molar-refractivity contribution in [2.45, 2.75) is 75.5 Å². The van der Waals surface area contributed by atoms with Crippen LogP contribution in [-0.2, 0) is 9.53 Å². The third-order valence-corrected chi connectivity index (χ3v) is 4.95. The van der Waals surface area contributed by atoms with Crippen molar-refractivity contribution in [3.05, 3.63) is 0 Å². The summed E-state index contributed by atoms with van der Waals surface area (Å²) in [5, 5.41) is 6.47. The quantitative estimate of drug-likeness (QED) is 0.815. The molecule has 0 aromatic heterocycles. The maximum Gasteiger partial charge on any atom is 0.220 e. The van der Waals surface area contributed by atoms with Gasteiger partial charge in [0.05, 0.1) is 11.7 Å². The second-order valence-corrected chi connectivity index (χ2v) is 6.48. The molecule has 1 amide bonds. The van der Waals surface area contributed by atoms with E-state index in [1.165, 1.54) is 44.9 Å². The average Bonchev–Trinajstić information content (AvgIpc) is 2.99. The maximum atomic E-state index is 11.1. The molecule has 4 heteroatoms. The van der Waals surface area contributed by atoms with Crippen LogP contribution in [0.15, 0.2) is 0 Å². The molecule has 4 nitrogen and oxygen atoms in total. The molecule has 2 N–H and O–H groups in total. The van der Waals surface area contributed by atoms with Gasteiger partial charge in [0.25, 0.3) is 0 Å². The van der Waals surface area contributed by atoms with E-state index < -0.39 is 0 Å². The summed E-state index contributed by atoms with van der Waals surface area (Å²) >= 11 is 0. The van der Waals surface area contributed by atoms with Gasteiger partial charge in [-0.1, -0.05) is 19.3 Å². The van der Waals surface area contributed by atoms with Gasteiger partial charge in [0.2, 0.25) is 5.91 Å². The third kappa shape index (κ3) is 3.29. The van der Waals surface area contributed by atoms with Crippen molar-refractivity contribution in [2.24, 2.45) is 0 Å². The highest BCUT2D eigenvalue weighted by Gasteiger charge is 2.40. The summed E-state index contributed by atoms with van der Waals surface area (Å²) in [7, 11) is 0. The Morgan fingerprint density at radius 2 is 2.00 bits per heavy atom. The van der Waals surface area contributed by atoms with Crippen molar-refractivity contribution in [1.29, 1.82) is 0 Å². The first-order valence-electron chi connectivity index (χ1n) is 7.94. The molecule has 3 fully saturated rings. The molecule has 0 radical (unpaired) electrons. The number of hydrogen-bond donors (Lipinski definition) is 2. The highest BCUT2D eigenvalue weighted by Crippen LogP contribution is 2.41. The number of carbonyl (C=O) groups excluding carboxylic acids is 1. The number of rotatable bonds is 4. The lowest BCUT2D eigenvalue weighted by Crippen LogP contribution is -2.39. The topological polar surface area (TPSA) is 50.4 Å². The van der Waals surface area contributed by atoms with E-state index in [4.69, 9.17) is 4.74 Å². The van der Waals surface area contributed by atoms with Crippen molar-refractivity contribution < 1.29 is 9.53 Å². The van der Waals surface area contributed by atoms with Crippen LogP contribution in [0.2, 0.25) is 0 Å². The van der Waals surface area contributed by atoms with E-state index in [-0.39, 0.29) is 11.5 Å². The summed E-state index contributed by atoms with van der Waals surface area (Å²) in [6, 6.07) is 0.331. The van der Waals surface area contributed by atoms with Gasteiger partial charge in [0, 0.05) is 25.6 Å². The fourth-order valence-electron chi connectivity index (χ4n) is 3.85. The van der Waals surface area contributed by atoms with Crippen LogP contribution in [0.4, 0.5) is 0 Å².